The van der Waals surface area contributed by atoms with Gasteiger partial charge in [-0.3, -0.25) is 19.2 Å². The summed E-state index contributed by atoms with van der Waals surface area (Å²) in [4.78, 5) is 58.5. The molecule has 0 spiro atoms. The molecule has 31 heavy (non-hydrogen) atoms. The number of carboxylic acids is 2. The number of aliphatic carboxylic acids is 2. The lowest BCUT2D eigenvalue weighted by Gasteiger charge is -2.21. The Hall–Kier alpha value is -3.32. The summed E-state index contributed by atoms with van der Waals surface area (Å²) in [5.74, 6) is -5.29. The number of nitrogens with two attached hydrogens (primary N) is 1. The van der Waals surface area contributed by atoms with Crippen molar-refractivity contribution < 1.29 is 39.3 Å². The average molecular weight is 456 g/mol. The third kappa shape index (κ3) is 9.35. The van der Waals surface area contributed by atoms with Gasteiger partial charge in [0.05, 0.1) is 19.0 Å². The van der Waals surface area contributed by atoms with Gasteiger partial charge in [0.25, 0.3) is 0 Å². The van der Waals surface area contributed by atoms with E-state index in [4.69, 9.17) is 15.9 Å². The summed E-state index contributed by atoms with van der Waals surface area (Å²) >= 11 is 3.87. The fourth-order valence-electron chi connectivity index (χ4n) is 2.35. The molecular formula is C18H24N4O8S. The first-order valence-electron chi connectivity index (χ1n) is 8.99. The number of rotatable bonds is 12. The smallest absolute Gasteiger partial charge is 0.326 e. The molecule has 0 saturated carbocycles. The number of thiol groups is 1. The van der Waals surface area contributed by atoms with Crippen LogP contribution in [0.15, 0.2) is 24.3 Å². The number of benzene rings is 1. The maximum atomic E-state index is 12.6. The Labute approximate surface area is 182 Å². The fraction of sp³-hybridized carbons (Fsp3) is 0.389. The fourth-order valence-corrected chi connectivity index (χ4v) is 2.52. The average Bonchev–Trinajstić information content (AvgIpc) is 2.71. The normalized spacial score (nSPS) is 13.4. The molecule has 0 aromatic heterocycles. The van der Waals surface area contributed by atoms with E-state index in [0.29, 0.717) is 5.56 Å². The van der Waals surface area contributed by atoms with Crippen molar-refractivity contribution in [2.24, 2.45) is 5.73 Å². The molecule has 13 heteroatoms. The quantitative estimate of drug-likeness (QED) is 0.161. The second-order valence-corrected chi connectivity index (χ2v) is 6.86. The second kappa shape index (κ2) is 12.4. The molecule has 3 amide bonds. The molecule has 0 saturated heterocycles. The maximum absolute atomic E-state index is 12.6. The van der Waals surface area contributed by atoms with Crippen molar-refractivity contribution >= 4 is 42.3 Å². The van der Waals surface area contributed by atoms with Gasteiger partial charge >= 0.3 is 11.9 Å². The minimum absolute atomic E-state index is 0.0237. The third-order valence-corrected chi connectivity index (χ3v) is 4.37. The number of hydrogen-bond acceptors (Lipinski definition) is 8. The molecule has 0 bridgehead atoms. The summed E-state index contributed by atoms with van der Waals surface area (Å²) in [7, 11) is 0. The highest BCUT2D eigenvalue weighted by atomic mass is 32.1. The number of aromatic hydroxyl groups is 1. The van der Waals surface area contributed by atoms with Crippen LogP contribution in [0, 0.1) is 0 Å². The molecule has 8 N–H and O–H groups in total. The summed E-state index contributed by atoms with van der Waals surface area (Å²) in [6.45, 7) is -0.503. The van der Waals surface area contributed by atoms with Gasteiger partial charge in [-0.1, -0.05) is 12.1 Å². The van der Waals surface area contributed by atoms with Crippen molar-refractivity contribution in [2.45, 2.75) is 31.0 Å². The highest BCUT2D eigenvalue weighted by molar-refractivity contribution is 7.80. The first-order valence-corrected chi connectivity index (χ1v) is 9.63. The molecule has 1 aromatic carbocycles. The van der Waals surface area contributed by atoms with Crippen molar-refractivity contribution in [3.8, 4) is 5.75 Å². The van der Waals surface area contributed by atoms with Gasteiger partial charge in [-0.2, -0.15) is 12.6 Å². The van der Waals surface area contributed by atoms with Crippen LogP contribution < -0.4 is 21.7 Å². The lowest BCUT2D eigenvalue weighted by atomic mass is 10.0. The number of phenolic OH excluding ortho intramolecular Hbond substituents is 1. The van der Waals surface area contributed by atoms with Crippen molar-refractivity contribution in [1.29, 1.82) is 0 Å². The summed E-state index contributed by atoms with van der Waals surface area (Å²) in [6, 6.07) is 1.76. The van der Waals surface area contributed by atoms with E-state index < -0.39 is 60.8 Å². The monoisotopic (exact) mass is 456 g/mol. The molecule has 0 heterocycles. The molecule has 170 valence electrons. The van der Waals surface area contributed by atoms with Crippen molar-refractivity contribution in [3.63, 3.8) is 0 Å². The molecule has 1 aromatic rings. The lowest BCUT2D eigenvalue weighted by molar-refractivity contribution is -0.147. The van der Waals surface area contributed by atoms with Gasteiger partial charge in [0.2, 0.25) is 17.7 Å². The van der Waals surface area contributed by atoms with E-state index in [0.717, 1.165) is 0 Å². The number of carbonyl (C=O) groups is 5. The zero-order valence-corrected chi connectivity index (χ0v) is 17.2. The first kappa shape index (κ1) is 25.7. The van der Waals surface area contributed by atoms with Crippen molar-refractivity contribution in [2.75, 3.05) is 12.3 Å². The molecule has 0 fully saturated rings. The zero-order valence-electron chi connectivity index (χ0n) is 16.3. The zero-order chi connectivity index (χ0) is 23.6. The van der Waals surface area contributed by atoms with Crippen LogP contribution in [0.5, 0.6) is 5.75 Å². The molecule has 3 unspecified atom stereocenters. The Bertz CT molecular complexity index is 817. The largest absolute Gasteiger partial charge is 0.508 e. The molecule has 1 rings (SSSR count). The summed E-state index contributed by atoms with van der Waals surface area (Å²) in [5, 5.41) is 34.0. The summed E-state index contributed by atoms with van der Waals surface area (Å²) < 4.78 is 0. The van der Waals surface area contributed by atoms with Crippen LogP contribution >= 0.6 is 12.6 Å². The Morgan fingerprint density at radius 2 is 1.58 bits per heavy atom. The van der Waals surface area contributed by atoms with Gasteiger partial charge in [-0.05, 0) is 17.7 Å². The van der Waals surface area contributed by atoms with Gasteiger partial charge < -0.3 is 37.0 Å². The molecule has 0 aliphatic carbocycles. The number of phenols is 1. The van der Waals surface area contributed by atoms with E-state index in [2.05, 4.69) is 28.6 Å². The van der Waals surface area contributed by atoms with E-state index in [1.165, 1.54) is 24.3 Å². The van der Waals surface area contributed by atoms with E-state index >= 15 is 0 Å². The first-order chi connectivity index (χ1) is 14.5. The van der Waals surface area contributed by atoms with Gasteiger partial charge in [0.15, 0.2) is 0 Å². The highest BCUT2D eigenvalue weighted by Crippen LogP contribution is 2.11. The highest BCUT2D eigenvalue weighted by Gasteiger charge is 2.28. The Balaban J connectivity index is 2.91. The maximum Gasteiger partial charge on any atom is 0.326 e. The molecule has 12 nitrogen and oxygen atoms in total. The van der Waals surface area contributed by atoms with Crippen LogP contribution in [0.2, 0.25) is 0 Å². The predicted octanol–water partition coefficient (Wildman–Crippen LogP) is -2.16. The molecule has 0 aliphatic heterocycles. The van der Waals surface area contributed by atoms with Gasteiger partial charge in [-0.25, -0.2) is 4.79 Å². The second-order valence-electron chi connectivity index (χ2n) is 6.49. The van der Waals surface area contributed by atoms with Crippen LogP contribution in [0.4, 0.5) is 0 Å². The van der Waals surface area contributed by atoms with Crippen LogP contribution in [0.3, 0.4) is 0 Å². The number of hydrogen-bond donors (Lipinski definition) is 8. The van der Waals surface area contributed by atoms with E-state index in [9.17, 15) is 29.1 Å². The summed E-state index contributed by atoms with van der Waals surface area (Å²) in [6.07, 6.45) is -0.958. The van der Waals surface area contributed by atoms with E-state index in [1.807, 2.05) is 0 Å². The molecule has 0 radical (unpaired) electrons. The Morgan fingerprint density at radius 3 is 2.10 bits per heavy atom. The number of carbonyl (C=O) groups excluding carboxylic acids is 3. The van der Waals surface area contributed by atoms with Crippen molar-refractivity contribution in [1.82, 2.24) is 16.0 Å². The van der Waals surface area contributed by atoms with Gasteiger partial charge in [0.1, 0.15) is 17.8 Å². The van der Waals surface area contributed by atoms with Crippen LogP contribution in [-0.2, 0) is 30.4 Å². The molecule has 3 atom stereocenters. The Morgan fingerprint density at radius 1 is 0.968 bits per heavy atom. The minimum Gasteiger partial charge on any atom is -0.508 e. The lowest BCUT2D eigenvalue weighted by Crippen LogP contribution is -2.54. The predicted molar refractivity (Wildman–Crippen MR) is 110 cm³/mol. The molecular weight excluding hydrogens is 432 g/mol. The third-order valence-electron chi connectivity index (χ3n) is 3.98. The number of nitrogens with one attached hydrogen (secondary N) is 3. The standard InChI is InChI=1S/C18H24N4O8S/c19-11(8-31)16(27)20-7-14(24)21-12(5-9-1-3-10(23)4-2-9)17(28)22-13(18(29)30)6-15(25)26/h1-4,11-13,23,31H,5-8,19H2,(H,20,27)(H,21,24)(H,22,28)(H,25,26)(H,29,30). The minimum atomic E-state index is -1.71. The van der Waals surface area contributed by atoms with Gasteiger partial charge in [-0.15, -0.1) is 0 Å². The number of carboxylic acid groups (broad SMARTS) is 2. The number of amides is 3. The van der Waals surface area contributed by atoms with Crippen LogP contribution in [-0.4, -0.2) is 75.4 Å². The van der Waals surface area contributed by atoms with E-state index in [1.54, 1.807) is 0 Å². The molecule has 0 aliphatic rings. The van der Waals surface area contributed by atoms with Crippen LogP contribution in [0.25, 0.3) is 0 Å². The SMILES string of the molecule is NC(CS)C(=O)NCC(=O)NC(Cc1ccc(O)cc1)C(=O)NC(CC(=O)O)C(=O)O. The topological polar surface area (TPSA) is 208 Å². The van der Waals surface area contributed by atoms with Crippen molar-refractivity contribution in [3.05, 3.63) is 29.8 Å². The Kier molecular flexibility index (Phi) is 10.3. The van der Waals surface area contributed by atoms with E-state index in [-0.39, 0.29) is 17.9 Å². The van der Waals surface area contributed by atoms with Crippen LogP contribution in [0.1, 0.15) is 12.0 Å². The van der Waals surface area contributed by atoms with Gasteiger partial charge in [0, 0.05) is 12.2 Å². The summed E-state index contributed by atoms with van der Waals surface area (Å²) in [5.41, 5.74) is 6.00.